The Morgan fingerprint density at radius 1 is 0.485 bits per heavy atom. The van der Waals surface area contributed by atoms with E-state index < -0.39 is 0 Å². The second-order valence-electron chi connectivity index (χ2n) is 8.01. The van der Waals surface area contributed by atoms with Gasteiger partial charge in [0.15, 0.2) is 0 Å². The average molecular weight is 462 g/mol. The van der Waals surface area contributed by atoms with E-state index >= 15 is 0 Å². The zero-order valence-electron chi connectivity index (χ0n) is 17.8. The van der Waals surface area contributed by atoms with E-state index in [1.807, 2.05) is 6.07 Å². The highest BCUT2D eigenvalue weighted by Gasteiger charge is 2.15. The number of thiophene rings is 1. The number of anilines is 3. The lowest BCUT2D eigenvalue weighted by molar-refractivity contribution is 1.29. The number of nitrogens with zero attached hydrogens (tertiary/aromatic N) is 1. The third-order valence-corrected chi connectivity index (χ3v) is 7.27. The van der Waals surface area contributed by atoms with Crippen LogP contribution in [-0.4, -0.2) is 0 Å². The molecule has 0 aliphatic heterocycles. The Hall–Kier alpha value is -3.59. The van der Waals surface area contributed by atoms with Crippen molar-refractivity contribution in [1.82, 2.24) is 0 Å². The summed E-state index contributed by atoms with van der Waals surface area (Å²) in [7, 11) is 0. The SMILES string of the molecule is Clc1ccc2c(c1)sc1ccc(N(c3ccccc3)c3cccc(-c4ccccc4)c3)cc12. The summed E-state index contributed by atoms with van der Waals surface area (Å²) in [6.45, 7) is 0. The highest BCUT2D eigenvalue weighted by Crippen LogP contribution is 2.41. The van der Waals surface area contributed by atoms with E-state index in [9.17, 15) is 0 Å². The molecule has 1 aromatic heterocycles. The van der Waals surface area contributed by atoms with Crippen LogP contribution in [0.3, 0.4) is 0 Å². The van der Waals surface area contributed by atoms with Crippen molar-refractivity contribution < 1.29 is 0 Å². The molecule has 0 unspecified atom stereocenters. The zero-order chi connectivity index (χ0) is 22.2. The fraction of sp³-hybridized carbons (Fsp3) is 0. The van der Waals surface area contributed by atoms with Crippen molar-refractivity contribution in [1.29, 1.82) is 0 Å². The Balaban J connectivity index is 1.54. The molecule has 33 heavy (non-hydrogen) atoms. The van der Waals surface area contributed by atoms with Crippen LogP contribution in [0.25, 0.3) is 31.3 Å². The summed E-state index contributed by atoms with van der Waals surface area (Å²) >= 11 is 8.04. The van der Waals surface area contributed by atoms with Gasteiger partial charge in [0.1, 0.15) is 0 Å². The smallest absolute Gasteiger partial charge is 0.0468 e. The fourth-order valence-corrected chi connectivity index (χ4v) is 5.72. The molecule has 1 nitrogen and oxygen atoms in total. The maximum absolute atomic E-state index is 6.25. The Kier molecular flexibility index (Phi) is 5.10. The number of rotatable bonds is 4. The average Bonchev–Trinajstić information content (AvgIpc) is 3.22. The Morgan fingerprint density at radius 3 is 2.00 bits per heavy atom. The number of hydrogen-bond acceptors (Lipinski definition) is 2. The first-order chi connectivity index (χ1) is 16.3. The topological polar surface area (TPSA) is 3.24 Å². The van der Waals surface area contributed by atoms with Crippen LogP contribution in [0.15, 0.2) is 121 Å². The van der Waals surface area contributed by atoms with E-state index in [0.717, 1.165) is 22.1 Å². The molecule has 158 valence electrons. The maximum atomic E-state index is 6.25. The molecule has 0 fully saturated rings. The summed E-state index contributed by atoms with van der Waals surface area (Å²) in [6.07, 6.45) is 0. The highest BCUT2D eigenvalue weighted by molar-refractivity contribution is 7.25. The lowest BCUT2D eigenvalue weighted by atomic mass is 10.0. The molecule has 5 aromatic carbocycles. The minimum atomic E-state index is 0.776. The van der Waals surface area contributed by atoms with Gasteiger partial charge in [0.2, 0.25) is 0 Å². The van der Waals surface area contributed by atoms with Gasteiger partial charge in [-0.15, -0.1) is 11.3 Å². The van der Waals surface area contributed by atoms with Crippen LogP contribution in [-0.2, 0) is 0 Å². The molecule has 6 aromatic rings. The van der Waals surface area contributed by atoms with Gasteiger partial charge in [-0.25, -0.2) is 0 Å². The molecule has 0 radical (unpaired) electrons. The minimum absolute atomic E-state index is 0.776. The molecular formula is C30H20ClNS. The molecule has 0 aliphatic rings. The predicted octanol–water partition coefficient (Wildman–Crippen LogP) is 9.84. The number of benzene rings is 5. The first-order valence-electron chi connectivity index (χ1n) is 10.9. The molecule has 0 amide bonds. The minimum Gasteiger partial charge on any atom is -0.310 e. The summed E-state index contributed by atoms with van der Waals surface area (Å²) in [4.78, 5) is 2.32. The Morgan fingerprint density at radius 2 is 1.18 bits per heavy atom. The van der Waals surface area contributed by atoms with Crippen molar-refractivity contribution >= 4 is 60.2 Å². The van der Waals surface area contributed by atoms with Gasteiger partial charge in [-0.2, -0.15) is 0 Å². The van der Waals surface area contributed by atoms with Crippen molar-refractivity contribution in [3.63, 3.8) is 0 Å². The molecule has 0 bridgehead atoms. The quantitative estimate of drug-likeness (QED) is 0.252. The van der Waals surface area contributed by atoms with Gasteiger partial charge in [0.05, 0.1) is 0 Å². The summed E-state index contributed by atoms with van der Waals surface area (Å²) in [5.74, 6) is 0. The van der Waals surface area contributed by atoms with Crippen LogP contribution in [0.4, 0.5) is 17.1 Å². The molecular weight excluding hydrogens is 442 g/mol. The number of fused-ring (bicyclic) bond motifs is 3. The van der Waals surface area contributed by atoms with E-state index in [2.05, 4.69) is 120 Å². The van der Waals surface area contributed by atoms with Gasteiger partial charge in [0.25, 0.3) is 0 Å². The third-order valence-electron chi connectivity index (χ3n) is 5.90. The van der Waals surface area contributed by atoms with Crippen LogP contribution < -0.4 is 4.90 Å². The first-order valence-corrected chi connectivity index (χ1v) is 12.1. The van der Waals surface area contributed by atoms with Gasteiger partial charge in [-0.05, 0) is 65.7 Å². The van der Waals surface area contributed by atoms with Crippen LogP contribution >= 0.6 is 22.9 Å². The molecule has 0 saturated heterocycles. The number of para-hydroxylation sites is 1. The molecule has 0 saturated carbocycles. The Labute approximate surface area is 202 Å². The molecule has 1 heterocycles. The van der Waals surface area contributed by atoms with Crippen molar-refractivity contribution in [2.24, 2.45) is 0 Å². The van der Waals surface area contributed by atoms with Gasteiger partial charge < -0.3 is 4.90 Å². The van der Waals surface area contributed by atoms with Gasteiger partial charge in [-0.3, -0.25) is 0 Å². The van der Waals surface area contributed by atoms with Crippen molar-refractivity contribution in [3.05, 3.63) is 126 Å². The van der Waals surface area contributed by atoms with Crippen molar-refractivity contribution in [2.45, 2.75) is 0 Å². The zero-order valence-corrected chi connectivity index (χ0v) is 19.4. The second-order valence-corrected chi connectivity index (χ2v) is 9.53. The van der Waals surface area contributed by atoms with Crippen molar-refractivity contribution in [3.8, 4) is 11.1 Å². The summed E-state index contributed by atoms with van der Waals surface area (Å²) < 4.78 is 2.48. The number of hydrogen-bond donors (Lipinski definition) is 0. The monoisotopic (exact) mass is 461 g/mol. The summed E-state index contributed by atoms with van der Waals surface area (Å²) in [5, 5.41) is 3.27. The van der Waals surface area contributed by atoms with E-state index in [-0.39, 0.29) is 0 Å². The van der Waals surface area contributed by atoms with E-state index in [4.69, 9.17) is 11.6 Å². The van der Waals surface area contributed by atoms with Gasteiger partial charge in [-0.1, -0.05) is 78.3 Å². The predicted molar refractivity (Wildman–Crippen MR) is 144 cm³/mol. The van der Waals surface area contributed by atoms with Crippen LogP contribution in [0.5, 0.6) is 0 Å². The van der Waals surface area contributed by atoms with E-state index in [1.54, 1.807) is 11.3 Å². The molecule has 0 atom stereocenters. The summed E-state index contributed by atoms with van der Waals surface area (Å²) in [5.41, 5.74) is 5.80. The summed E-state index contributed by atoms with van der Waals surface area (Å²) in [6, 6.07) is 42.7. The molecule has 0 spiro atoms. The molecule has 0 aliphatic carbocycles. The third kappa shape index (κ3) is 3.78. The normalized spacial score (nSPS) is 11.2. The fourth-order valence-electron chi connectivity index (χ4n) is 4.36. The van der Waals surface area contributed by atoms with Crippen molar-refractivity contribution in [2.75, 3.05) is 4.90 Å². The molecule has 0 N–H and O–H groups in total. The Bertz CT molecular complexity index is 1570. The number of halogens is 1. The lowest BCUT2D eigenvalue weighted by Crippen LogP contribution is -2.09. The lowest BCUT2D eigenvalue weighted by Gasteiger charge is -2.26. The first kappa shape index (κ1) is 20.0. The maximum Gasteiger partial charge on any atom is 0.0468 e. The molecule has 3 heteroatoms. The largest absolute Gasteiger partial charge is 0.310 e. The van der Waals surface area contributed by atoms with E-state index in [0.29, 0.717) is 0 Å². The van der Waals surface area contributed by atoms with Crippen LogP contribution in [0.2, 0.25) is 5.02 Å². The van der Waals surface area contributed by atoms with Crippen LogP contribution in [0, 0.1) is 0 Å². The standard InChI is InChI=1S/C30H20ClNS/c31-23-14-16-27-28-20-26(15-17-29(28)33-30(27)19-23)32(24-11-5-2-6-12-24)25-13-7-10-22(18-25)21-8-3-1-4-9-21/h1-20H. The second kappa shape index (κ2) is 8.40. The molecule has 6 rings (SSSR count). The van der Waals surface area contributed by atoms with Gasteiger partial charge in [0, 0.05) is 42.3 Å². The van der Waals surface area contributed by atoms with Gasteiger partial charge >= 0.3 is 0 Å². The highest BCUT2D eigenvalue weighted by atomic mass is 35.5. The van der Waals surface area contributed by atoms with Crippen LogP contribution in [0.1, 0.15) is 0 Å². The van der Waals surface area contributed by atoms with E-state index in [1.165, 1.54) is 31.3 Å².